The second kappa shape index (κ2) is 16.7. The molecule has 19 heteroatoms. The van der Waals surface area contributed by atoms with Crippen LogP contribution in [0.4, 0.5) is 44.0 Å². The number of hydrogen-bond acceptors (Lipinski definition) is 11. The number of amides is 3. The van der Waals surface area contributed by atoms with Gasteiger partial charge in [-0.15, -0.1) is 0 Å². The van der Waals surface area contributed by atoms with Gasteiger partial charge in [-0.05, 0) is 25.1 Å². The van der Waals surface area contributed by atoms with Crippen LogP contribution in [-0.4, -0.2) is 101 Å². The predicted molar refractivity (Wildman–Crippen MR) is 198 cm³/mol. The van der Waals surface area contributed by atoms with Crippen LogP contribution >= 0.6 is 23.2 Å². The predicted octanol–water partition coefficient (Wildman–Crippen LogP) is 7.05. The molecule has 1 saturated heterocycles. The average molecular weight is 767 g/mol. The summed E-state index contributed by atoms with van der Waals surface area (Å²) in [6, 6.07) is 7.09. The van der Waals surface area contributed by atoms with Crippen molar-refractivity contribution < 1.29 is 38.6 Å². The highest BCUT2D eigenvalue weighted by atomic mass is 35.5. The molecule has 1 aliphatic heterocycles. The standard InChI is InChI=1S/C32H41Cl2N7O9Si/c1-20-35-26(18-27(36-20)40(32(43)44)22-9-8-21(16-23(22)41(45)46)38-10-12-49-13-11-38)37(2)31(42)39(19-50-14-15-51(5,6)7)30-28(33)24(47-3)17-25(48-4)29(30)34/h8-9,16-18H,10-15,19H2,1-7H3,(H,43,44). The van der Waals surface area contributed by atoms with E-state index in [2.05, 4.69) is 29.6 Å². The molecule has 1 aromatic heterocycles. The van der Waals surface area contributed by atoms with Gasteiger partial charge in [0.15, 0.2) is 0 Å². The van der Waals surface area contributed by atoms with Gasteiger partial charge in [0.2, 0.25) is 0 Å². The molecule has 0 spiro atoms. The van der Waals surface area contributed by atoms with Crippen LogP contribution in [0.5, 0.6) is 11.5 Å². The fourth-order valence-corrected chi connectivity index (χ4v) is 6.61. The van der Waals surface area contributed by atoms with Crippen molar-refractivity contribution in [3.63, 3.8) is 0 Å². The van der Waals surface area contributed by atoms with Crippen molar-refractivity contribution in [3.05, 3.63) is 56.3 Å². The summed E-state index contributed by atoms with van der Waals surface area (Å²) in [5, 5.41) is 22.7. The first-order chi connectivity index (χ1) is 24.1. The summed E-state index contributed by atoms with van der Waals surface area (Å²) < 4.78 is 22.2. The van der Waals surface area contributed by atoms with E-state index in [1.54, 1.807) is 6.07 Å². The van der Waals surface area contributed by atoms with Gasteiger partial charge >= 0.3 is 12.1 Å². The number of urea groups is 1. The zero-order valence-corrected chi connectivity index (χ0v) is 31.9. The fraction of sp³-hybridized carbons (Fsp3) is 0.438. The van der Waals surface area contributed by atoms with E-state index in [0.717, 1.165) is 10.9 Å². The first kappa shape index (κ1) is 39.4. The molecule has 0 bridgehead atoms. The topological polar surface area (TPSA) is 173 Å². The van der Waals surface area contributed by atoms with Gasteiger partial charge in [-0.25, -0.2) is 24.5 Å². The number of morpholine rings is 1. The monoisotopic (exact) mass is 765 g/mol. The summed E-state index contributed by atoms with van der Waals surface area (Å²) >= 11 is 13.5. The van der Waals surface area contributed by atoms with Crippen molar-refractivity contribution in [2.24, 2.45) is 0 Å². The molecule has 0 saturated carbocycles. The molecular formula is C32H41Cl2N7O9Si. The number of carbonyl (C=O) groups excluding carboxylic acids is 1. The van der Waals surface area contributed by atoms with Crippen LogP contribution in [0.3, 0.4) is 0 Å². The minimum Gasteiger partial charge on any atom is -0.495 e. The number of ether oxygens (including phenoxy) is 4. The first-order valence-electron chi connectivity index (χ1n) is 15.8. The summed E-state index contributed by atoms with van der Waals surface area (Å²) in [5.41, 5.74) is -0.111. The molecule has 4 rings (SSSR count). The van der Waals surface area contributed by atoms with Crippen LogP contribution < -0.4 is 29.1 Å². The largest absolute Gasteiger partial charge is 0.495 e. The Labute approximate surface area is 306 Å². The number of benzene rings is 2. The summed E-state index contributed by atoms with van der Waals surface area (Å²) in [7, 11) is 2.72. The van der Waals surface area contributed by atoms with Gasteiger partial charge in [0.25, 0.3) is 5.69 Å². The molecule has 3 amide bonds. The number of nitro groups is 1. The van der Waals surface area contributed by atoms with Crippen molar-refractivity contribution >= 4 is 77.8 Å². The van der Waals surface area contributed by atoms with Gasteiger partial charge in [0.1, 0.15) is 51.4 Å². The number of carboxylic acid groups (broad SMARTS) is 1. The minimum atomic E-state index is -1.55. The van der Waals surface area contributed by atoms with Gasteiger partial charge in [-0.1, -0.05) is 42.8 Å². The summed E-state index contributed by atoms with van der Waals surface area (Å²) in [5.74, 6) is 0.195. The normalized spacial score (nSPS) is 13.1. The smallest absolute Gasteiger partial charge is 0.417 e. The molecule has 3 aromatic rings. The molecule has 51 heavy (non-hydrogen) atoms. The summed E-state index contributed by atoms with van der Waals surface area (Å²) in [4.78, 5) is 52.3. The zero-order chi connectivity index (χ0) is 37.6. The quantitative estimate of drug-likeness (QED) is 0.0619. The third-order valence-corrected chi connectivity index (χ3v) is 10.3. The molecule has 0 radical (unpaired) electrons. The lowest BCUT2D eigenvalue weighted by atomic mass is 10.2. The molecule has 2 heterocycles. The molecule has 2 aromatic carbocycles. The molecule has 1 aliphatic rings. The Morgan fingerprint density at radius 1 is 1.04 bits per heavy atom. The van der Waals surface area contributed by atoms with Crippen LogP contribution in [-0.2, 0) is 9.47 Å². The third kappa shape index (κ3) is 9.28. The number of methoxy groups -OCH3 is 2. The van der Waals surface area contributed by atoms with Crippen molar-refractivity contribution in [1.82, 2.24) is 9.97 Å². The Morgan fingerprint density at radius 2 is 1.65 bits per heavy atom. The number of nitrogens with zero attached hydrogens (tertiary/aromatic N) is 7. The lowest BCUT2D eigenvalue weighted by Gasteiger charge is -2.30. The lowest BCUT2D eigenvalue weighted by molar-refractivity contribution is -0.384. The number of aromatic nitrogens is 2. The van der Waals surface area contributed by atoms with E-state index < -0.39 is 30.8 Å². The zero-order valence-electron chi connectivity index (χ0n) is 29.4. The van der Waals surface area contributed by atoms with Crippen LogP contribution in [0.1, 0.15) is 5.82 Å². The number of carbonyl (C=O) groups is 2. The van der Waals surface area contributed by atoms with E-state index >= 15 is 0 Å². The molecule has 0 atom stereocenters. The highest BCUT2D eigenvalue weighted by molar-refractivity contribution is 6.76. The van der Waals surface area contributed by atoms with E-state index in [-0.39, 0.29) is 57.1 Å². The maximum atomic E-state index is 14.4. The Balaban J connectivity index is 1.77. The number of hydrogen-bond donors (Lipinski definition) is 1. The van der Waals surface area contributed by atoms with E-state index in [0.29, 0.717) is 43.5 Å². The maximum absolute atomic E-state index is 14.4. The van der Waals surface area contributed by atoms with Crippen LogP contribution in [0, 0.1) is 17.0 Å². The average Bonchev–Trinajstić information content (AvgIpc) is 3.08. The van der Waals surface area contributed by atoms with Crippen molar-refractivity contribution in [1.29, 1.82) is 0 Å². The minimum absolute atomic E-state index is 0.0169. The Morgan fingerprint density at radius 3 is 2.20 bits per heavy atom. The first-order valence-corrected chi connectivity index (χ1v) is 20.3. The van der Waals surface area contributed by atoms with Crippen molar-refractivity contribution in [2.75, 3.05) is 80.5 Å². The molecule has 0 unspecified atom stereocenters. The molecule has 0 aliphatic carbocycles. The van der Waals surface area contributed by atoms with E-state index in [1.165, 1.54) is 57.4 Å². The highest BCUT2D eigenvalue weighted by Gasteiger charge is 2.33. The lowest BCUT2D eigenvalue weighted by Crippen LogP contribution is -2.44. The van der Waals surface area contributed by atoms with E-state index in [4.69, 9.17) is 42.1 Å². The molecule has 1 N–H and O–H groups in total. The highest BCUT2D eigenvalue weighted by Crippen LogP contribution is 2.46. The SMILES string of the molecule is COc1cc(OC)c(Cl)c(N(COCC[Si](C)(C)C)C(=O)N(C)c2cc(N(C(=O)O)c3ccc(N4CCOCC4)cc3[N+](=O)[O-])nc(C)n2)c1Cl. The van der Waals surface area contributed by atoms with Crippen molar-refractivity contribution in [3.8, 4) is 11.5 Å². The number of anilines is 5. The van der Waals surface area contributed by atoms with Gasteiger partial charge in [-0.2, -0.15) is 0 Å². The molecule has 276 valence electrons. The third-order valence-electron chi connectivity index (χ3n) is 7.90. The van der Waals surface area contributed by atoms with Gasteiger partial charge in [-0.3, -0.25) is 19.9 Å². The summed E-state index contributed by atoms with van der Waals surface area (Å²) in [6.45, 7) is 10.1. The van der Waals surface area contributed by atoms with Gasteiger partial charge in [0.05, 0.1) is 38.0 Å². The van der Waals surface area contributed by atoms with Crippen molar-refractivity contribution in [2.45, 2.75) is 32.6 Å². The molecule has 16 nitrogen and oxygen atoms in total. The fourth-order valence-electron chi connectivity index (χ4n) is 5.15. The number of rotatable bonds is 13. The van der Waals surface area contributed by atoms with Crippen LogP contribution in [0.25, 0.3) is 0 Å². The Bertz CT molecular complexity index is 1750. The summed E-state index contributed by atoms with van der Waals surface area (Å²) in [6.07, 6.45) is -1.55. The molecular weight excluding hydrogens is 725 g/mol. The van der Waals surface area contributed by atoms with Gasteiger partial charge < -0.3 is 29.0 Å². The van der Waals surface area contributed by atoms with E-state index in [9.17, 15) is 24.8 Å². The van der Waals surface area contributed by atoms with Crippen LogP contribution in [0.2, 0.25) is 35.7 Å². The Kier molecular flexibility index (Phi) is 12.9. The Hall–Kier alpha value is -4.42. The second-order valence-corrected chi connectivity index (χ2v) is 19.0. The second-order valence-electron chi connectivity index (χ2n) is 12.7. The van der Waals surface area contributed by atoms with Crippen LogP contribution in [0.15, 0.2) is 30.3 Å². The number of aryl methyl sites for hydroxylation is 1. The van der Waals surface area contributed by atoms with Gasteiger partial charge in [0, 0.05) is 58.7 Å². The maximum Gasteiger partial charge on any atom is 0.417 e. The molecule has 1 fully saturated rings. The number of halogens is 2. The number of nitro benzene ring substituents is 1. The van der Waals surface area contributed by atoms with E-state index in [1.807, 2.05) is 4.90 Å².